The number of rotatable bonds is 4. The largest absolute Gasteiger partial charge is 0.481 e. The molecule has 1 aromatic carbocycles. The molecular weight excluding hydrogens is 320 g/mol. The Kier molecular flexibility index (Phi) is 5.06. The Bertz CT molecular complexity index is 661. The lowest BCUT2D eigenvalue weighted by atomic mass is 9.89. The van der Waals surface area contributed by atoms with E-state index in [1.165, 1.54) is 0 Å². The van der Waals surface area contributed by atoms with Crippen molar-refractivity contribution in [1.29, 1.82) is 0 Å². The van der Waals surface area contributed by atoms with E-state index in [-0.39, 0.29) is 36.6 Å². The molecular formula is C19H24N2O4. The quantitative estimate of drug-likeness (QED) is 0.900. The summed E-state index contributed by atoms with van der Waals surface area (Å²) in [7, 11) is 0. The Hall–Kier alpha value is -2.37. The fraction of sp³-hybridized carbons (Fsp3) is 0.526. The number of carboxylic acid groups (broad SMARTS) is 1. The van der Waals surface area contributed by atoms with Gasteiger partial charge in [0.25, 0.3) is 0 Å². The molecule has 6 heteroatoms. The van der Waals surface area contributed by atoms with E-state index in [0.29, 0.717) is 26.1 Å². The lowest BCUT2D eigenvalue weighted by Gasteiger charge is -2.36. The van der Waals surface area contributed by atoms with Crippen LogP contribution in [0.25, 0.3) is 0 Å². The van der Waals surface area contributed by atoms with E-state index in [9.17, 15) is 19.5 Å². The van der Waals surface area contributed by atoms with Crippen LogP contribution in [0.1, 0.15) is 25.3 Å². The monoisotopic (exact) mass is 344 g/mol. The summed E-state index contributed by atoms with van der Waals surface area (Å²) in [5.41, 5.74) is 1.04. The molecule has 2 fully saturated rings. The van der Waals surface area contributed by atoms with Gasteiger partial charge in [-0.1, -0.05) is 37.3 Å². The molecule has 0 aliphatic carbocycles. The highest BCUT2D eigenvalue weighted by molar-refractivity contribution is 5.89. The number of carbonyl (C=O) groups is 3. The van der Waals surface area contributed by atoms with Gasteiger partial charge in [0, 0.05) is 32.6 Å². The number of piperidine rings is 1. The van der Waals surface area contributed by atoms with Gasteiger partial charge in [0.2, 0.25) is 11.8 Å². The van der Waals surface area contributed by atoms with Gasteiger partial charge >= 0.3 is 5.97 Å². The van der Waals surface area contributed by atoms with Crippen LogP contribution in [0.5, 0.6) is 0 Å². The normalized spacial score (nSPS) is 26.8. The highest BCUT2D eigenvalue weighted by Crippen LogP contribution is 2.27. The molecule has 0 radical (unpaired) electrons. The number of aliphatic carboxylic acids is 1. The maximum Gasteiger partial charge on any atom is 0.308 e. The summed E-state index contributed by atoms with van der Waals surface area (Å²) in [4.78, 5) is 39.8. The van der Waals surface area contributed by atoms with Crippen molar-refractivity contribution in [2.24, 2.45) is 17.8 Å². The lowest BCUT2D eigenvalue weighted by Crippen LogP contribution is -2.48. The average molecular weight is 344 g/mol. The summed E-state index contributed by atoms with van der Waals surface area (Å²) in [6.45, 7) is 3.72. The molecule has 3 atom stereocenters. The first kappa shape index (κ1) is 17.5. The van der Waals surface area contributed by atoms with Crippen LogP contribution >= 0.6 is 0 Å². The van der Waals surface area contributed by atoms with E-state index in [0.717, 1.165) is 5.56 Å². The van der Waals surface area contributed by atoms with Crippen LogP contribution in [0.4, 0.5) is 0 Å². The summed E-state index contributed by atoms with van der Waals surface area (Å²) in [5.74, 6) is -1.65. The molecule has 0 aromatic heterocycles. The third-order valence-electron chi connectivity index (χ3n) is 5.10. The highest BCUT2D eigenvalue weighted by atomic mass is 16.4. The molecule has 0 saturated carbocycles. The number of hydrogen-bond acceptors (Lipinski definition) is 3. The maximum atomic E-state index is 12.8. The number of benzene rings is 1. The minimum Gasteiger partial charge on any atom is -0.481 e. The molecule has 2 aliphatic rings. The van der Waals surface area contributed by atoms with E-state index >= 15 is 0 Å². The van der Waals surface area contributed by atoms with Crippen LogP contribution in [-0.2, 0) is 20.9 Å². The van der Waals surface area contributed by atoms with E-state index in [4.69, 9.17) is 0 Å². The second-order valence-electron chi connectivity index (χ2n) is 7.28. The first-order valence-electron chi connectivity index (χ1n) is 8.77. The smallest absolute Gasteiger partial charge is 0.308 e. The Morgan fingerprint density at radius 1 is 1.12 bits per heavy atom. The van der Waals surface area contributed by atoms with Crippen LogP contribution in [0, 0.1) is 17.8 Å². The molecule has 2 saturated heterocycles. The fourth-order valence-corrected chi connectivity index (χ4v) is 3.86. The van der Waals surface area contributed by atoms with Crippen molar-refractivity contribution in [3.8, 4) is 0 Å². The maximum absolute atomic E-state index is 12.8. The molecule has 134 valence electrons. The van der Waals surface area contributed by atoms with Crippen LogP contribution in [0.2, 0.25) is 0 Å². The van der Waals surface area contributed by atoms with Crippen molar-refractivity contribution < 1.29 is 19.5 Å². The molecule has 0 spiro atoms. The number of nitrogens with zero attached hydrogens (tertiary/aromatic N) is 2. The summed E-state index contributed by atoms with van der Waals surface area (Å²) in [6, 6.07) is 9.72. The number of carbonyl (C=O) groups excluding carboxylic acids is 2. The van der Waals surface area contributed by atoms with Gasteiger partial charge in [-0.15, -0.1) is 0 Å². The van der Waals surface area contributed by atoms with Crippen molar-refractivity contribution >= 4 is 17.8 Å². The van der Waals surface area contributed by atoms with Gasteiger partial charge in [-0.25, -0.2) is 0 Å². The average Bonchev–Trinajstić information content (AvgIpc) is 2.95. The van der Waals surface area contributed by atoms with Gasteiger partial charge in [-0.05, 0) is 17.9 Å². The number of hydrogen-bond donors (Lipinski definition) is 1. The Morgan fingerprint density at radius 2 is 1.84 bits per heavy atom. The number of amides is 2. The van der Waals surface area contributed by atoms with E-state index < -0.39 is 11.9 Å². The zero-order valence-corrected chi connectivity index (χ0v) is 14.4. The molecule has 25 heavy (non-hydrogen) atoms. The molecule has 3 unspecified atom stereocenters. The molecule has 1 N–H and O–H groups in total. The first-order chi connectivity index (χ1) is 11.9. The zero-order chi connectivity index (χ0) is 18.0. The first-order valence-corrected chi connectivity index (χ1v) is 8.77. The molecule has 1 aromatic rings. The van der Waals surface area contributed by atoms with Crippen molar-refractivity contribution in [3.05, 3.63) is 35.9 Å². The Balaban J connectivity index is 1.63. The highest BCUT2D eigenvalue weighted by Gasteiger charge is 2.39. The van der Waals surface area contributed by atoms with E-state index in [1.54, 1.807) is 9.80 Å². The fourth-order valence-electron chi connectivity index (χ4n) is 3.86. The van der Waals surface area contributed by atoms with Gasteiger partial charge < -0.3 is 14.9 Å². The zero-order valence-electron chi connectivity index (χ0n) is 14.4. The van der Waals surface area contributed by atoms with Crippen molar-refractivity contribution in [2.45, 2.75) is 26.3 Å². The van der Waals surface area contributed by atoms with Crippen LogP contribution in [-0.4, -0.2) is 52.3 Å². The van der Waals surface area contributed by atoms with Crippen LogP contribution in [0.3, 0.4) is 0 Å². The van der Waals surface area contributed by atoms with E-state index in [1.807, 2.05) is 37.3 Å². The molecule has 2 heterocycles. The van der Waals surface area contributed by atoms with Gasteiger partial charge in [0.05, 0.1) is 11.8 Å². The second kappa shape index (κ2) is 7.25. The third kappa shape index (κ3) is 4.00. The van der Waals surface area contributed by atoms with Gasteiger partial charge in [-0.3, -0.25) is 14.4 Å². The number of carboxylic acids is 1. The second-order valence-corrected chi connectivity index (χ2v) is 7.28. The standard InChI is InChI=1S/C19H24N2O4/c1-13-7-16(19(24)25)12-21(9-13)18(23)15-8-17(22)20(11-15)10-14-5-3-2-4-6-14/h2-6,13,15-16H,7-12H2,1H3,(H,24,25). The van der Waals surface area contributed by atoms with Gasteiger partial charge in [0.15, 0.2) is 0 Å². The lowest BCUT2D eigenvalue weighted by molar-refractivity contribution is -0.148. The summed E-state index contributed by atoms with van der Waals surface area (Å²) >= 11 is 0. The predicted molar refractivity (Wildman–Crippen MR) is 91.5 cm³/mol. The Labute approximate surface area is 147 Å². The van der Waals surface area contributed by atoms with Gasteiger partial charge in [0.1, 0.15) is 0 Å². The number of likely N-dealkylation sites (tertiary alicyclic amines) is 2. The molecule has 2 aliphatic heterocycles. The predicted octanol–water partition coefficient (Wildman–Crippen LogP) is 1.60. The molecule has 0 bridgehead atoms. The van der Waals surface area contributed by atoms with Crippen molar-refractivity contribution in [3.63, 3.8) is 0 Å². The molecule has 6 nitrogen and oxygen atoms in total. The third-order valence-corrected chi connectivity index (χ3v) is 5.10. The minimum absolute atomic E-state index is 0.0120. The summed E-state index contributed by atoms with van der Waals surface area (Å²) in [5, 5.41) is 9.27. The Morgan fingerprint density at radius 3 is 2.52 bits per heavy atom. The van der Waals surface area contributed by atoms with Crippen LogP contribution < -0.4 is 0 Å². The summed E-state index contributed by atoms with van der Waals surface area (Å²) < 4.78 is 0. The van der Waals surface area contributed by atoms with Crippen molar-refractivity contribution in [1.82, 2.24) is 9.80 Å². The van der Waals surface area contributed by atoms with Gasteiger partial charge in [-0.2, -0.15) is 0 Å². The molecule has 2 amide bonds. The SMILES string of the molecule is CC1CC(C(=O)O)CN(C(=O)C2CC(=O)N(Cc3ccccc3)C2)C1. The van der Waals surface area contributed by atoms with E-state index in [2.05, 4.69) is 0 Å². The van der Waals surface area contributed by atoms with Crippen molar-refractivity contribution in [2.75, 3.05) is 19.6 Å². The topological polar surface area (TPSA) is 77.9 Å². The van der Waals surface area contributed by atoms with Crippen LogP contribution in [0.15, 0.2) is 30.3 Å². The minimum atomic E-state index is -0.849. The summed E-state index contributed by atoms with van der Waals surface area (Å²) in [6.07, 6.45) is 0.817. The molecule has 3 rings (SSSR count).